The van der Waals surface area contributed by atoms with Gasteiger partial charge in [-0.2, -0.15) is 0 Å². The number of rotatable bonds is 6. The first-order valence-corrected chi connectivity index (χ1v) is 7.40. The fourth-order valence-electron chi connectivity index (χ4n) is 1.96. The molecule has 0 saturated heterocycles. The van der Waals surface area contributed by atoms with E-state index in [-0.39, 0.29) is 13.0 Å². The Morgan fingerprint density at radius 3 is 1.96 bits per heavy atom. The molecule has 0 saturated carbocycles. The Balaban J connectivity index is 0.00000139. The Kier molecular flexibility index (Phi) is 8.96. The summed E-state index contributed by atoms with van der Waals surface area (Å²) in [6, 6.07) is 17.3. The number of hydrogen-bond acceptors (Lipinski definition) is 4. The van der Waals surface area contributed by atoms with Gasteiger partial charge in [-0.3, -0.25) is 4.66 Å². The van der Waals surface area contributed by atoms with E-state index in [1.165, 1.54) is 0 Å². The van der Waals surface area contributed by atoms with Crippen LogP contribution in [0.25, 0.3) is 0 Å². The SMILES string of the molecule is O=C(N[C@H](Cc1ccccc1)C(=O)O)OCc1ccccc1.OCl. The molecule has 3 N–H and O–H groups in total. The van der Waals surface area contributed by atoms with Crippen LogP contribution in [0.15, 0.2) is 60.7 Å². The number of carbonyl (C=O) groups excluding carboxylic acids is 1. The molecule has 0 aliphatic rings. The molecule has 128 valence electrons. The molecule has 0 bridgehead atoms. The summed E-state index contributed by atoms with van der Waals surface area (Å²) < 4.78 is 11.5. The molecule has 0 heterocycles. The van der Waals surface area contributed by atoms with Crippen LogP contribution in [0.3, 0.4) is 0 Å². The predicted octanol–water partition coefficient (Wildman–Crippen LogP) is 2.74. The van der Waals surface area contributed by atoms with Gasteiger partial charge in [-0.1, -0.05) is 60.7 Å². The number of carboxylic acid groups (broad SMARTS) is 1. The van der Waals surface area contributed by atoms with Crippen LogP contribution < -0.4 is 5.32 Å². The van der Waals surface area contributed by atoms with Crippen molar-refractivity contribution in [2.75, 3.05) is 0 Å². The van der Waals surface area contributed by atoms with E-state index in [1.54, 1.807) is 0 Å². The summed E-state index contributed by atoms with van der Waals surface area (Å²) in [4.78, 5) is 23.0. The lowest BCUT2D eigenvalue weighted by Crippen LogP contribution is -2.42. The monoisotopic (exact) mass is 351 g/mol. The lowest BCUT2D eigenvalue weighted by molar-refractivity contribution is -0.139. The summed E-state index contributed by atoms with van der Waals surface area (Å²) in [6.07, 6.45) is -0.538. The third-order valence-corrected chi connectivity index (χ3v) is 3.09. The van der Waals surface area contributed by atoms with Crippen LogP contribution in [0.1, 0.15) is 11.1 Å². The van der Waals surface area contributed by atoms with Crippen molar-refractivity contribution in [2.24, 2.45) is 0 Å². The highest BCUT2D eigenvalue weighted by atomic mass is 35.5. The molecule has 0 aromatic heterocycles. The third-order valence-electron chi connectivity index (χ3n) is 3.09. The Morgan fingerprint density at radius 2 is 1.46 bits per heavy atom. The molecule has 1 atom stereocenters. The molecular formula is C17H18ClNO5. The average molecular weight is 352 g/mol. The number of halogens is 1. The quantitative estimate of drug-likeness (QED) is 0.743. The van der Waals surface area contributed by atoms with Crippen molar-refractivity contribution >= 4 is 23.9 Å². The van der Waals surface area contributed by atoms with Gasteiger partial charge in [0.25, 0.3) is 0 Å². The van der Waals surface area contributed by atoms with E-state index in [1.807, 2.05) is 60.7 Å². The van der Waals surface area contributed by atoms with Crippen LogP contribution in [0.5, 0.6) is 0 Å². The molecule has 0 aliphatic heterocycles. The van der Waals surface area contributed by atoms with Gasteiger partial charge in [-0.15, -0.1) is 0 Å². The number of amides is 1. The number of carboxylic acids is 1. The van der Waals surface area contributed by atoms with Crippen LogP contribution in [-0.2, 0) is 22.6 Å². The Hall–Kier alpha value is -2.57. The van der Waals surface area contributed by atoms with Crippen molar-refractivity contribution in [3.8, 4) is 0 Å². The van der Waals surface area contributed by atoms with Gasteiger partial charge in [-0.05, 0) is 11.1 Å². The number of alkyl carbamates (subject to hydrolysis) is 1. The second-order valence-corrected chi connectivity index (χ2v) is 4.79. The normalized spacial score (nSPS) is 10.8. The maximum absolute atomic E-state index is 11.7. The summed E-state index contributed by atoms with van der Waals surface area (Å²) in [7, 11) is 0. The van der Waals surface area contributed by atoms with Crippen LogP contribution in [0, 0.1) is 0 Å². The topological polar surface area (TPSA) is 95.9 Å². The van der Waals surface area contributed by atoms with Gasteiger partial charge in [0.15, 0.2) is 0 Å². The fourth-order valence-corrected chi connectivity index (χ4v) is 1.96. The molecule has 24 heavy (non-hydrogen) atoms. The van der Waals surface area contributed by atoms with Crippen molar-refractivity contribution in [1.29, 1.82) is 0 Å². The molecule has 1 amide bonds. The van der Waals surface area contributed by atoms with E-state index < -0.39 is 18.1 Å². The predicted molar refractivity (Wildman–Crippen MR) is 89.4 cm³/mol. The molecule has 2 aromatic carbocycles. The minimum Gasteiger partial charge on any atom is -0.480 e. The molecule has 0 radical (unpaired) electrons. The minimum atomic E-state index is -1.10. The highest BCUT2D eigenvalue weighted by Crippen LogP contribution is 2.05. The maximum atomic E-state index is 11.7. The number of hydrogen-bond donors (Lipinski definition) is 3. The number of carbonyl (C=O) groups is 2. The summed E-state index contributed by atoms with van der Waals surface area (Å²) in [5.41, 5.74) is 1.67. The average Bonchev–Trinajstić information content (AvgIpc) is 2.63. The van der Waals surface area contributed by atoms with Gasteiger partial charge < -0.3 is 15.2 Å². The molecule has 0 unspecified atom stereocenters. The van der Waals surface area contributed by atoms with Crippen LogP contribution in [0.2, 0.25) is 0 Å². The molecule has 0 spiro atoms. The van der Waals surface area contributed by atoms with Crippen LogP contribution >= 0.6 is 11.9 Å². The number of aliphatic carboxylic acids is 1. The Morgan fingerprint density at radius 1 is 0.958 bits per heavy atom. The molecule has 0 fully saturated rings. The van der Waals surface area contributed by atoms with E-state index in [2.05, 4.69) is 17.2 Å². The smallest absolute Gasteiger partial charge is 0.408 e. The molecule has 7 heteroatoms. The van der Waals surface area contributed by atoms with Gasteiger partial charge in [0.1, 0.15) is 12.6 Å². The van der Waals surface area contributed by atoms with E-state index in [0.717, 1.165) is 11.1 Å². The van der Waals surface area contributed by atoms with Gasteiger partial charge in [0.05, 0.1) is 11.9 Å². The van der Waals surface area contributed by atoms with Crippen molar-refractivity contribution in [3.63, 3.8) is 0 Å². The minimum absolute atomic E-state index is 0.102. The first-order chi connectivity index (χ1) is 11.6. The largest absolute Gasteiger partial charge is 0.480 e. The zero-order valence-electron chi connectivity index (χ0n) is 12.8. The summed E-state index contributed by atoms with van der Waals surface area (Å²) >= 11 is 3.64. The Labute approximate surface area is 144 Å². The van der Waals surface area contributed by atoms with Gasteiger partial charge in [0.2, 0.25) is 0 Å². The standard InChI is InChI=1S/C17H17NO4.ClHO/c19-16(20)15(11-13-7-3-1-4-8-13)18-17(21)22-12-14-9-5-2-6-10-14;1-2/h1-10,15H,11-12H2,(H,18,21)(H,19,20);2H/t15-;/m1./s1. The third kappa shape index (κ3) is 7.13. The molecule has 0 aliphatic carbocycles. The zero-order chi connectivity index (χ0) is 17.8. The molecule has 2 aromatic rings. The van der Waals surface area contributed by atoms with E-state index in [4.69, 9.17) is 9.40 Å². The van der Waals surface area contributed by atoms with E-state index in [9.17, 15) is 14.7 Å². The Bertz CT molecular complexity index is 621. The summed E-state index contributed by atoms with van der Waals surface area (Å²) in [5.74, 6) is -1.10. The van der Waals surface area contributed by atoms with Crippen molar-refractivity contribution in [3.05, 3.63) is 71.8 Å². The summed E-state index contributed by atoms with van der Waals surface area (Å²) in [5, 5.41) is 11.6. The maximum Gasteiger partial charge on any atom is 0.408 e. The van der Waals surface area contributed by atoms with Gasteiger partial charge in [-0.25, -0.2) is 9.59 Å². The number of nitrogens with one attached hydrogen (secondary N) is 1. The fraction of sp³-hybridized carbons (Fsp3) is 0.176. The van der Waals surface area contributed by atoms with Crippen molar-refractivity contribution < 1.29 is 24.1 Å². The van der Waals surface area contributed by atoms with Crippen molar-refractivity contribution in [2.45, 2.75) is 19.1 Å². The first-order valence-electron chi connectivity index (χ1n) is 7.06. The molecule has 2 rings (SSSR count). The highest BCUT2D eigenvalue weighted by molar-refractivity contribution is 6.04. The second-order valence-electron chi connectivity index (χ2n) is 4.79. The molecule has 6 nitrogen and oxygen atoms in total. The van der Waals surface area contributed by atoms with Crippen molar-refractivity contribution in [1.82, 2.24) is 5.32 Å². The number of benzene rings is 2. The second kappa shape index (κ2) is 11.0. The van der Waals surface area contributed by atoms with E-state index in [0.29, 0.717) is 0 Å². The summed E-state index contributed by atoms with van der Waals surface area (Å²) in [6.45, 7) is 0.102. The van der Waals surface area contributed by atoms with E-state index >= 15 is 0 Å². The number of ether oxygens (including phenoxy) is 1. The van der Waals surface area contributed by atoms with Gasteiger partial charge >= 0.3 is 12.1 Å². The highest BCUT2D eigenvalue weighted by Gasteiger charge is 2.21. The molecular weight excluding hydrogens is 334 g/mol. The lowest BCUT2D eigenvalue weighted by atomic mass is 10.1. The van der Waals surface area contributed by atoms with Crippen LogP contribution in [0.4, 0.5) is 4.79 Å². The van der Waals surface area contributed by atoms with Gasteiger partial charge in [0, 0.05) is 6.42 Å². The first kappa shape index (κ1) is 19.5. The lowest BCUT2D eigenvalue weighted by Gasteiger charge is -2.14. The van der Waals surface area contributed by atoms with Crippen LogP contribution in [-0.4, -0.2) is 27.9 Å². The zero-order valence-corrected chi connectivity index (χ0v) is 13.5.